The first-order valence-electron chi connectivity index (χ1n) is 5.38. The molecule has 0 aliphatic rings. The van der Waals surface area contributed by atoms with E-state index in [0.717, 1.165) is 33.0 Å². The van der Waals surface area contributed by atoms with Crippen LogP contribution in [-0.2, 0) is 0 Å². The Kier molecular flexibility index (Phi) is 1.42. The number of para-hydroxylation sites is 1. The van der Waals surface area contributed by atoms with Crippen molar-refractivity contribution in [2.24, 2.45) is 0 Å². The quantitative estimate of drug-likeness (QED) is 0.481. The van der Waals surface area contributed by atoms with E-state index in [1.165, 1.54) is 0 Å². The van der Waals surface area contributed by atoms with Gasteiger partial charge < -0.3 is 15.1 Å². The fraction of sp³-hybridized carbons (Fsp3) is 0. The number of nitrogen functional groups attached to an aromatic ring is 1. The predicted molar refractivity (Wildman–Crippen MR) is 67.8 cm³/mol. The van der Waals surface area contributed by atoms with Gasteiger partial charge in [-0.25, -0.2) is 4.98 Å². The summed E-state index contributed by atoms with van der Waals surface area (Å²) in [4.78, 5) is 7.23. The first-order valence-corrected chi connectivity index (χ1v) is 5.38. The molecule has 0 atom stereocenters. The van der Waals surface area contributed by atoms with E-state index in [0.29, 0.717) is 5.95 Å². The lowest BCUT2D eigenvalue weighted by Gasteiger charge is -1.89. The smallest absolute Gasteiger partial charge is 0.198 e. The van der Waals surface area contributed by atoms with Crippen molar-refractivity contribution in [2.45, 2.75) is 0 Å². The van der Waals surface area contributed by atoms with Crippen molar-refractivity contribution in [1.82, 2.24) is 9.97 Å². The molecule has 0 radical (unpaired) electrons. The number of H-pyrrole nitrogens is 1. The molecule has 0 saturated carbocycles. The summed E-state index contributed by atoms with van der Waals surface area (Å²) in [6.45, 7) is 0. The summed E-state index contributed by atoms with van der Waals surface area (Å²) in [6.07, 6.45) is 0. The Morgan fingerprint density at radius 3 is 2.88 bits per heavy atom. The van der Waals surface area contributed by atoms with Crippen molar-refractivity contribution in [2.75, 3.05) is 5.73 Å². The highest BCUT2D eigenvalue weighted by molar-refractivity contribution is 6.09. The van der Waals surface area contributed by atoms with Crippen molar-refractivity contribution in [3.63, 3.8) is 0 Å². The maximum Gasteiger partial charge on any atom is 0.198 e. The Labute approximate surface area is 96.0 Å². The molecule has 2 heterocycles. The second kappa shape index (κ2) is 2.79. The lowest BCUT2D eigenvalue weighted by molar-refractivity contribution is 0.669. The van der Waals surface area contributed by atoms with Crippen molar-refractivity contribution in [3.05, 3.63) is 36.4 Å². The molecule has 82 valence electrons. The van der Waals surface area contributed by atoms with Gasteiger partial charge in [0.1, 0.15) is 11.2 Å². The fourth-order valence-electron chi connectivity index (χ4n) is 2.25. The molecule has 0 aliphatic heterocycles. The van der Waals surface area contributed by atoms with E-state index in [4.69, 9.17) is 10.2 Å². The summed E-state index contributed by atoms with van der Waals surface area (Å²) in [5.74, 6) is 0.428. The van der Waals surface area contributed by atoms with Gasteiger partial charge in [-0.2, -0.15) is 0 Å². The summed E-state index contributed by atoms with van der Waals surface area (Å²) in [5, 5.41) is 2.19. The van der Waals surface area contributed by atoms with Gasteiger partial charge in [0.05, 0.1) is 11.0 Å². The van der Waals surface area contributed by atoms with Crippen LogP contribution >= 0.6 is 0 Å². The van der Waals surface area contributed by atoms with Gasteiger partial charge in [0.25, 0.3) is 0 Å². The molecule has 0 unspecified atom stereocenters. The van der Waals surface area contributed by atoms with Crippen LogP contribution in [0.1, 0.15) is 0 Å². The lowest BCUT2D eigenvalue weighted by atomic mass is 10.1. The number of anilines is 1. The molecule has 2 aromatic carbocycles. The van der Waals surface area contributed by atoms with E-state index in [-0.39, 0.29) is 0 Å². The molecule has 4 aromatic rings. The summed E-state index contributed by atoms with van der Waals surface area (Å²) in [7, 11) is 0. The predicted octanol–water partition coefficient (Wildman–Crippen LogP) is 3.04. The maximum atomic E-state index is 5.78. The monoisotopic (exact) mass is 223 g/mol. The van der Waals surface area contributed by atoms with Crippen LogP contribution in [0.2, 0.25) is 0 Å². The molecule has 0 amide bonds. The third kappa shape index (κ3) is 1.09. The second-order valence-corrected chi connectivity index (χ2v) is 4.09. The second-order valence-electron chi connectivity index (χ2n) is 4.09. The van der Waals surface area contributed by atoms with Crippen LogP contribution in [0.15, 0.2) is 40.8 Å². The zero-order valence-electron chi connectivity index (χ0n) is 8.90. The van der Waals surface area contributed by atoms with Crippen molar-refractivity contribution in [1.29, 1.82) is 0 Å². The van der Waals surface area contributed by atoms with Crippen LogP contribution in [0.4, 0.5) is 5.95 Å². The fourth-order valence-corrected chi connectivity index (χ4v) is 2.25. The van der Waals surface area contributed by atoms with E-state index in [9.17, 15) is 0 Å². The number of aromatic amines is 1. The van der Waals surface area contributed by atoms with E-state index in [1.54, 1.807) is 0 Å². The van der Waals surface area contributed by atoms with E-state index < -0.39 is 0 Å². The zero-order valence-corrected chi connectivity index (χ0v) is 8.90. The van der Waals surface area contributed by atoms with Gasteiger partial charge in [0, 0.05) is 16.8 Å². The van der Waals surface area contributed by atoms with Gasteiger partial charge in [0.15, 0.2) is 5.95 Å². The molecule has 0 bridgehead atoms. The molecule has 0 aliphatic carbocycles. The number of benzene rings is 2. The highest BCUT2D eigenvalue weighted by atomic mass is 16.3. The molecule has 0 fully saturated rings. The van der Waals surface area contributed by atoms with Gasteiger partial charge >= 0.3 is 0 Å². The highest BCUT2D eigenvalue weighted by Gasteiger charge is 2.09. The van der Waals surface area contributed by atoms with Gasteiger partial charge in [-0.3, -0.25) is 0 Å². The number of hydrogen-bond donors (Lipinski definition) is 2. The number of nitrogens with zero attached hydrogens (tertiary/aromatic N) is 1. The lowest BCUT2D eigenvalue weighted by Crippen LogP contribution is -1.84. The Balaban J connectivity index is 2.26. The number of fused-ring (bicyclic) bond motifs is 4. The minimum Gasteiger partial charge on any atom is -0.456 e. The highest BCUT2D eigenvalue weighted by Crippen LogP contribution is 2.31. The topological polar surface area (TPSA) is 67.8 Å². The van der Waals surface area contributed by atoms with Gasteiger partial charge in [-0.1, -0.05) is 18.2 Å². The number of nitrogens with two attached hydrogens (primary N) is 1. The molecule has 17 heavy (non-hydrogen) atoms. The van der Waals surface area contributed by atoms with Gasteiger partial charge in [-0.05, 0) is 12.1 Å². The van der Waals surface area contributed by atoms with Crippen LogP contribution in [0.25, 0.3) is 33.0 Å². The minimum absolute atomic E-state index is 0.428. The van der Waals surface area contributed by atoms with E-state index in [2.05, 4.69) is 9.97 Å². The molecular formula is C13H9N3O. The normalized spacial score (nSPS) is 11.8. The first-order chi connectivity index (χ1) is 8.31. The van der Waals surface area contributed by atoms with Crippen molar-refractivity contribution >= 4 is 38.9 Å². The van der Waals surface area contributed by atoms with Crippen LogP contribution in [0, 0.1) is 0 Å². The summed E-state index contributed by atoms with van der Waals surface area (Å²) in [5.41, 5.74) is 9.13. The number of nitrogens with one attached hydrogen (secondary N) is 1. The molecule has 4 heteroatoms. The van der Waals surface area contributed by atoms with Gasteiger partial charge in [0.2, 0.25) is 0 Å². The third-order valence-corrected chi connectivity index (χ3v) is 3.00. The van der Waals surface area contributed by atoms with Crippen molar-refractivity contribution < 1.29 is 4.42 Å². The SMILES string of the molecule is Nc1nc2cc3oc4ccccc4c3cc2[nH]1. The van der Waals surface area contributed by atoms with Crippen LogP contribution in [0.5, 0.6) is 0 Å². The Bertz CT molecular complexity index is 857. The van der Waals surface area contributed by atoms with E-state index in [1.807, 2.05) is 36.4 Å². The first kappa shape index (κ1) is 8.64. The summed E-state index contributed by atoms with van der Waals surface area (Å²) in [6, 6.07) is 11.9. The maximum absolute atomic E-state index is 5.78. The number of furan rings is 1. The standard InChI is InChI=1S/C13H9N3O/c14-13-15-9-5-8-7-3-1-2-4-11(7)17-12(8)6-10(9)16-13/h1-6H,(H3,14,15,16). The van der Waals surface area contributed by atoms with Crippen LogP contribution in [0.3, 0.4) is 0 Å². The third-order valence-electron chi connectivity index (χ3n) is 3.00. The average Bonchev–Trinajstić information content (AvgIpc) is 2.84. The Morgan fingerprint density at radius 2 is 1.94 bits per heavy atom. The van der Waals surface area contributed by atoms with E-state index >= 15 is 0 Å². The largest absolute Gasteiger partial charge is 0.456 e. The number of rotatable bonds is 0. The summed E-state index contributed by atoms with van der Waals surface area (Å²) < 4.78 is 5.78. The molecule has 4 rings (SSSR count). The van der Waals surface area contributed by atoms with Crippen LogP contribution in [-0.4, -0.2) is 9.97 Å². The molecule has 0 spiro atoms. The molecule has 2 aromatic heterocycles. The van der Waals surface area contributed by atoms with Gasteiger partial charge in [-0.15, -0.1) is 0 Å². The molecular weight excluding hydrogens is 214 g/mol. The number of aromatic nitrogens is 2. The Morgan fingerprint density at radius 1 is 1.06 bits per heavy atom. The Hall–Kier alpha value is -2.49. The minimum atomic E-state index is 0.428. The van der Waals surface area contributed by atoms with Crippen molar-refractivity contribution in [3.8, 4) is 0 Å². The number of hydrogen-bond acceptors (Lipinski definition) is 3. The zero-order chi connectivity index (χ0) is 11.4. The number of imidazole rings is 1. The molecule has 0 saturated heterocycles. The molecule has 4 nitrogen and oxygen atoms in total. The average molecular weight is 223 g/mol. The molecule has 3 N–H and O–H groups in total. The van der Waals surface area contributed by atoms with Crippen LogP contribution < -0.4 is 5.73 Å². The summed E-state index contributed by atoms with van der Waals surface area (Å²) >= 11 is 0.